The molecule has 0 fully saturated rings. The Bertz CT molecular complexity index is 242. The van der Waals surface area contributed by atoms with Crippen molar-refractivity contribution in [3.63, 3.8) is 0 Å². The van der Waals surface area contributed by atoms with Crippen molar-refractivity contribution in [1.29, 1.82) is 0 Å². The van der Waals surface area contributed by atoms with Crippen molar-refractivity contribution in [1.82, 2.24) is 5.32 Å². The van der Waals surface area contributed by atoms with Crippen LogP contribution in [0.5, 0.6) is 0 Å². The van der Waals surface area contributed by atoms with Crippen molar-refractivity contribution < 1.29 is 9.47 Å². The van der Waals surface area contributed by atoms with Gasteiger partial charge in [0.15, 0.2) is 0 Å². The van der Waals surface area contributed by atoms with Crippen LogP contribution in [-0.2, 0) is 9.47 Å². The maximum absolute atomic E-state index is 5.16. The van der Waals surface area contributed by atoms with Gasteiger partial charge in [0.25, 0.3) is 0 Å². The molecule has 1 unspecified atom stereocenters. The number of methoxy groups -OCH3 is 2. The number of ether oxygens (including phenoxy) is 2. The zero-order valence-electron chi connectivity index (χ0n) is 8.55. The Morgan fingerprint density at radius 1 is 1.46 bits per heavy atom. The molecular weight excluding hydrogens is 168 g/mol. The average Bonchev–Trinajstić information content (AvgIpc) is 2.16. The SMILES string of the molecule is COC1=NCC(OC)NC1=C(C)C. The first-order valence-corrected chi connectivity index (χ1v) is 4.24. The van der Waals surface area contributed by atoms with Crippen LogP contribution in [0.2, 0.25) is 0 Å². The molecule has 1 heterocycles. The molecule has 0 aromatic carbocycles. The predicted molar refractivity (Wildman–Crippen MR) is 51.6 cm³/mol. The number of hydrogen-bond acceptors (Lipinski definition) is 4. The molecule has 4 heteroatoms. The second-order valence-electron chi connectivity index (χ2n) is 3.09. The van der Waals surface area contributed by atoms with Gasteiger partial charge in [0, 0.05) is 7.11 Å². The van der Waals surface area contributed by atoms with Gasteiger partial charge in [0.05, 0.1) is 19.4 Å². The fraction of sp³-hybridized carbons (Fsp3) is 0.667. The standard InChI is InChI=1S/C9H16N2O2/c1-6(2)8-9(13-4)10-5-7(11-8)12-3/h7,11H,5H2,1-4H3. The van der Waals surface area contributed by atoms with Crippen LogP contribution in [0.15, 0.2) is 16.3 Å². The Morgan fingerprint density at radius 3 is 2.62 bits per heavy atom. The monoisotopic (exact) mass is 184 g/mol. The third-order valence-corrected chi connectivity index (χ3v) is 1.90. The fourth-order valence-corrected chi connectivity index (χ4v) is 1.17. The summed E-state index contributed by atoms with van der Waals surface area (Å²) in [5, 5.41) is 3.21. The van der Waals surface area contributed by atoms with Gasteiger partial charge < -0.3 is 14.8 Å². The van der Waals surface area contributed by atoms with E-state index in [1.807, 2.05) is 13.8 Å². The number of aliphatic imine (C=N–C) groups is 1. The van der Waals surface area contributed by atoms with Crippen LogP contribution in [0.25, 0.3) is 0 Å². The molecule has 1 rings (SSSR count). The Hall–Kier alpha value is -1.03. The molecule has 0 saturated heterocycles. The maximum Gasteiger partial charge on any atom is 0.232 e. The summed E-state index contributed by atoms with van der Waals surface area (Å²) in [6.07, 6.45) is -0.0381. The summed E-state index contributed by atoms with van der Waals surface area (Å²) in [5.74, 6) is 0.660. The summed E-state index contributed by atoms with van der Waals surface area (Å²) < 4.78 is 10.3. The van der Waals surface area contributed by atoms with Crippen LogP contribution >= 0.6 is 0 Å². The van der Waals surface area contributed by atoms with Gasteiger partial charge in [-0.1, -0.05) is 0 Å². The number of nitrogens with one attached hydrogen (secondary N) is 1. The Morgan fingerprint density at radius 2 is 2.15 bits per heavy atom. The van der Waals surface area contributed by atoms with E-state index in [1.54, 1.807) is 14.2 Å². The lowest BCUT2D eigenvalue weighted by atomic mass is 10.2. The molecule has 0 amide bonds. The summed E-state index contributed by atoms with van der Waals surface area (Å²) in [4.78, 5) is 4.25. The van der Waals surface area contributed by atoms with Gasteiger partial charge in [-0.05, 0) is 19.4 Å². The van der Waals surface area contributed by atoms with Gasteiger partial charge in [-0.25, -0.2) is 4.99 Å². The number of hydrogen-bond donors (Lipinski definition) is 1. The van der Waals surface area contributed by atoms with Crippen molar-refractivity contribution >= 4 is 5.90 Å². The molecule has 0 aromatic rings. The first-order valence-electron chi connectivity index (χ1n) is 4.24. The molecule has 0 bridgehead atoms. The lowest BCUT2D eigenvalue weighted by molar-refractivity contribution is 0.0864. The Balaban J connectivity index is 2.86. The zero-order valence-corrected chi connectivity index (χ0v) is 8.55. The summed E-state index contributed by atoms with van der Waals surface area (Å²) in [6, 6.07) is 0. The third-order valence-electron chi connectivity index (χ3n) is 1.90. The van der Waals surface area contributed by atoms with E-state index in [0.29, 0.717) is 12.4 Å². The second-order valence-corrected chi connectivity index (χ2v) is 3.09. The summed E-state index contributed by atoms with van der Waals surface area (Å²) in [7, 11) is 3.28. The van der Waals surface area contributed by atoms with Crippen molar-refractivity contribution in [2.75, 3.05) is 20.8 Å². The van der Waals surface area contributed by atoms with Crippen molar-refractivity contribution in [2.45, 2.75) is 20.1 Å². The van der Waals surface area contributed by atoms with Crippen LogP contribution < -0.4 is 5.32 Å². The highest BCUT2D eigenvalue weighted by molar-refractivity contribution is 5.94. The lowest BCUT2D eigenvalue weighted by Gasteiger charge is -2.25. The molecule has 13 heavy (non-hydrogen) atoms. The van der Waals surface area contributed by atoms with Crippen LogP contribution in [-0.4, -0.2) is 32.9 Å². The molecule has 0 saturated carbocycles. The molecule has 74 valence electrons. The number of allylic oxidation sites excluding steroid dienone is 1. The molecule has 1 aliphatic heterocycles. The minimum atomic E-state index is -0.0381. The van der Waals surface area contributed by atoms with Gasteiger partial charge in [0.1, 0.15) is 6.23 Å². The molecule has 0 aromatic heterocycles. The number of nitrogens with zero attached hydrogens (tertiary/aromatic N) is 1. The molecule has 1 aliphatic rings. The van der Waals surface area contributed by atoms with E-state index >= 15 is 0 Å². The van der Waals surface area contributed by atoms with E-state index in [4.69, 9.17) is 9.47 Å². The molecule has 4 nitrogen and oxygen atoms in total. The summed E-state index contributed by atoms with van der Waals surface area (Å²) >= 11 is 0. The van der Waals surface area contributed by atoms with Crippen LogP contribution in [0.3, 0.4) is 0 Å². The smallest absolute Gasteiger partial charge is 0.232 e. The van der Waals surface area contributed by atoms with Gasteiger partial charge in [-0.15, -0.1) is 0 Å². The Kier molecular flexibility index (Phi) is 3.31. The third kappa shape index (κ3) is 2.21. The van der Waals surface area contributed by atoms with E-state index in [1.165, 1.54) is 0 Å². The van der Waals surface area contributed by atoms with E-state index in [9.17, 15) is 0 Å². The number of rotatable bonds is 1. The summed E-state index contributed by atoms with van der Waals surface area (Å²) in [5.41, 5.74) is 2.07. The largest absolute Gasteiger partial charge is 0.480 e. The quantitative estimate of drug-likeness (QED) is 0.658. The van der Waals surface area contributed by atoms with E-state index in [0.717, 1.165) is 11.3 Å². The average molecular weight is 184 g/mol. The molecule has 0 radical (unpaired) electrons. The van der Waals surface area contributed by atoms with Gasteiger partial charge in [-0.3, -0.25) is 0 Å². The highest BCUT2D eigenvalue weighted by Crippen LogP contribution is 2.10. The second kappa shape index (κ2) is 4.28. The van der Waals surface area contributed by atoms with E-state index in [2.05, 4.69) is 10.3 Å². The van der Waals surface area contributed by atoms with Gasteiger partial charge in [0.2, 0.25) is 5.90 Å². The first-order chi connectivity index (χ1) is 6.19. The van der Waals surface area contributed by atoms with Crippen LogP contribution in [0, 0.1) is 0 Å². The minimum absolute atomic E-state index is 0.0381. The van der Waals surface area contributed by atoms with Crippen LogP contribution in [0.4, 0.5) is 0 Å². The summed E-state index contributed by atoms with van der Waals surface area (Å²) in [6.45, 7) is 4.61. The first kappa shape index (κ1) is 10.1. The molecule has 1 atom stereocenters. The van der Waals surface area contributed by atoms with Crippen molar-refractivity contribution in [2.24, 2.45) is 4.99 Å². The molecular formula is C9H16N2O2. The zero-order chi connectivity index (χ0) is 9.84. The minimum Gasteiger partial charge on any atom is -0.480 e. The highest BCUT2D eigenvalue weighted by atomic mass is 16.5. The lowest BCUT2D eigenvalue weighted by Crippen LogP contribution is -2.40. The predicted octanol–water partition coefficient (Wildman–Crippen LogP) is 0.901. The topological polar surface area (TPSA) is 42.9 Å². The van der Waals surface area contributed by atoms with Crippen LogP contribution in [0.1, 0.15) is 13.8 Å². The maximum atomic E-state index is 5.16. The normalized spacial score (nSPS) is 22.0. The highest BCUT2D eigenvalue weighted by Gasteiger charge is 2.19. The Labute approximate surface area is 78.6 Å². The fourth-order valence-electron chi connectivity index (χ4n) is 1.17. The van der Waals surface area contributed by atoms with Crippen molar-refractivity contribution in [3.8, 4) is 0 Å². The van der Waals surface area contributed by atoms with E-state index in [-0.39, 0.29) is 6.23 Å². The van der Waals surface area contributed by atoms with Gasteiger partial charge >= 0.3 is 0 Å². The molecule has 0 aliphatic carbocycles. The molecule has 1 N–H and O–H groups in total. The molecule has 0 spiro atoms. The van der Waals surface area contributed by atoms with E-state index < -0.39 is 0 Å². The van der Waals surface area contributed by atoms with Gasteiger partial charge in [-0.2, -0.15) is 0 Å². The van der Waals surface area contributed by atoms with Crippen molar-refractivity contribution in [3.05, 3.63) is 11.3 Å².